The van der Waals surface area contributed by atoms with Crippen LogP contribution in [0.2, 0.25) is 0 Å². The monoisotopic (exact) mass is 447 g/mol. The number of halogens is 1. The fourth-order valence-corrected chi connectivity index (χ4v) is 4.04. The number of non-ortho nitro benzene ring substituents is 1. The second kappa shape index (κ2) is 9.60. The van der Waals surface area contributed by atoms with Crippen LogP contribution in [0, 0.1) is 15.9 Å². The molecule has 0 saturated carbocycles. The van der Waals surface area contributed by atoms with E-state index in [1.54, 1.807) is 23.1 Å². The predicted molar refractivity (Wildman–Crippen MR) is 123 cm³/mol. The van der Waals surface area contributed by atoms with Crippen LogP contribution in [0.15, 0.2) is 66.7 Å². The van der Waals surface area contributed by atoms with Gasteiger partial charge in [0.15, 0.2) is 0 Å². The first-order valence-electron chi connectivity index (χ1n) is 10.6. The van der Waals surface area contributed by atoms with Gasteiger partial charge in [-0.05, 0) is 34.9 Å². The van der Waals surface area contributed by atoms with E-state index in [2.05, 4.69) is 0 Å². The van der Waals surface area contributed by atoms with E-state index in [1.165, 1.54) is 18.2 Å². The lowest BCUT2D eigenvalue weighted by Gasteiger charge is -2.36. The minimum absolute atomic E-state index is 0.144. The number of benzene rings is 3. The molecule has 1 heterocycles. The summed E-state index contributed by atoms with van der Waals surface area (Å²) in [6.07, 6.45) is 0.892. The number of carbonyl (C=O) groups excluding carboxylic acids is 2. The average molecular weight is 447 g/mol. The Hall–Kier alpha value is -4.07. The molecule has 1 amide bonds. The Bertz CT molecular complexity index is 1190. The number of carbonyl (C=O) groups is 2. The van der Waals surface area contributed by atoms with Crippen molar-refractivity contribution in [2.75, 3.05) is 31.1 Å². The fraction of sp³-hybridized carbons (Fsp3) is 0.200. The first kappa shape index (κ1) is 22.1. The molecule has 8 heteroatoms. The number of nitro groups is 1. The molecule has 0 atom stereocenters. The topological polar surface area (TPSA) is 83.8 Å². The number of nitrogens with zero attached hydrogens (tertiary/aromatic N) is 3. The largest absolute Gasteiger partial charge is 0.366 e. The van der Waals surface area contributed by atoms with Gasteiger partial charge in [0.1, 0.15) is 12.1 Å². The number of hydrogen-bond donors (Lipinski definition) is 0. The van der Waals surface area contributed by atoms with Crippen molar-refractivity contribution in [2.24, 2.45) is 0 Å². The summed E-state index contributed by atoms with van der Waals surface area (Å²) >= 11 is 0. The van der Waals surface area contributed by atoms with Crippen molar-refractivity contribution in [1.29, 1.82) is 0 Å². The highest BCUT2D eigenvalue weighted by atomic mass is 19.1. The number of piperazine rings is 1. The fourth-order valence-electron chi connectivity index (χ4n) is 4.04. The summed E-state index contributed by atoms with van der Waals surface area (Å²) in [5, 5.41) is 11.3. The Morgan fingerprint density at radius 2 is 1.73 bits per heavy atom. The zero-order valence-corrected chi connectivity index (χ0v) is 17.8. The van der Waals surface area contributed by atoms with Crippen LogP contribution in [0.3, 0.4) is 0 Å². The molecule has 0 unspecified atom stereocenters. The molecule has 3 aromatic carbocycles. The van der Waals surface area contributed by atoms with Gasteiger partial charge in [-0.15, -0.1) is 0 Å². The SMILES string of the molecule is O=CCc1ccc(N2CCN(C(=O)c3cc([N+](=O)[O-])ccc3-c3ccccc3)CC2)c(F)c1. The summed E-state index contributed by atoms with van der Waals surface area (Å²) in [7, 11) is 0. The van der Waals surface area contributed by atoms with Crippen LogP contribution < -0.4 is 4.90 Å². The standard InChI is InChI=1S/C25H22FN3O4/c26-23-16-18(10-15-30)6-9-24(23)27-11-13-28(14-12-27)25(31)22-17-20(29(32)33)7-8-21(22)19-4-2-1-3-5-19/h1-9,15-17H,10-14H2. The molecule has 168 valence electrons. The van der Waals surface area contributed by atoms with Crippen LogP contribution in [0.5, 0.6) is 0 Å². The Labute approximate surface area is 190 Å². The van der Waals surface area contributed by atoms with Crippen molar-refractivity contribution in [3.05, 3.63) is 93.8 Å². The molecule has 0 aliphatic carbocycles. The van der Waals surface area contributed by atoms with E-state index in [4.69, 9.17) is 0 Å². The first-order valence-corrected chi connectivity index (χ1v) is 10.6. The molecule has 7 nitrogen and oxygen atoms in total. The Balaban J connectivity index is 1.55. The van der Waals surface area contributed by atoms with Crippen molar-refractivity contribution in [1.82, 2.24) is 4.90 Å². The molecule has 4 rings (SSSR count). The summed E-state index contributed by atoms with van der Waals surface area (Å²) in [6.45, 7) is 1.55. The van der Waals surface area contributed by atoms with E-state index in [0.29, 0.717) is 43.0 Å². The van der Waals surface area contributed by atoms with Gasteiger partial charge in [-0.25, -0.2) is 4.39 Å². The smallest absolute Gasteiger partial charge is 0.270 e. The average Bonchev–Trinajstić information content (AvgIpc) is 2.84. The van der Waals surface area contributed by atoms with Gasteiger partial charge in [0.2, 0.25) is 0 Å². The highest BCUT2D eigenvalue weighted by Gasteiger charge is 2.27. The Morgan fingerprint density at radius 1 is 1.00 bits per heavy atom. The molecule has 1 aliphatic rings. The molecule has 0 radical (unpaired) electrons. The van der Waals surface area contributed by atoms with Gasteiger partial charge in [-0.2, -0.15) is 0 Å². The lowest BCUT2D eigenvalue weighted by Crippen LogP contribution is -2.49. The number of aldehydes is 1. The van der Waals surface area contributed by atoms with Gasteiger partial charge in [-0.1, -0.05) is 36.4 Å². The van der Waals surface area contributed by atoms with Gasteiger partial charge < -0.3 is 14.6 Å². The maximum Gasteiger partial charge on any atom is 0.270 e. The molecular formula is C25H22FN3O4. The summed E-state index contributed by atoms with van der Waals surface area (Å²) in [5.74, 6) is -0.696. The number of hydrogen-bond acceptors (Lipinski definition) is 5. The van der Waals surface area contributed by atoms with Crippen LogP contribution in [0.4, 0.5) is 15.8 Å². The van der Waals surface area contributed by atoms with E-state index >= 15 is 0 Å². The molecule has 0 aromatic heterocycles. The normalized spacial score (nSPS) is 13.6. The molecule has 0 bridgehead atoms. The highest BCUT2D eigenvalue weighted by Crippen LogP contribution is 2.29. The summed E-state index contributed by atoms with van der Waals surface area (Å²) in [6, 6.07) is 18.3. The van der Waals surface area contributed by atoms with Crippen LogP contribution in [0.25, 0.3) is 11.1 Å². The predicted octanol–water partition coefficient (Wildman–Crippen LogP) is 4.10. The Kier molecular flexibility index (Phi) is 6.44. The molecule has 33 heavy (non-hydrogen) atoms. The molecular weight excluding hydrogens is 425 g/mol. The van der Waals surface area contributed by atoms with Crippen molar-refractivity contribution < 1.29 is 18.9 Å². The van der Waals surface area contributed by atoms with Crippen molar-refractivity contribution in [3.63, 3.8) is 0 Å². The lowest BCUT2D eigenvalue weighted by molar-refractivity contribution is -0.384. The zero-order chi connectivity index (χ0) is 23.4. The Morgan fingerprint density at radius 3 is 2.36 bits per heavy atom. The minimum atomic E-state index is -0.513. The van der Waals surface area contributed by atoms with Gasteiger partial charge in [0, 0.05) is 44.7 Å². The van der Waals surface area contributed by atoms with Gasteiger partial charge in [0.25, 0.3) is 11.6 Å². The zero-order valence-electron chi connectivity index (χ0n) is 17.8. The van der Waals surface area contributed by atoms with Crippen molar-refractivity contribution in [3.8, 4) is 11.1 Å². The molecule has 0 spiro atoms. The molecule has 3 aromatic rings. The molecule has 1 fully saturated rings. The summed E-state index contributed by atoms with van der Waals surface area (Å²) in [5.41, 5.74) is 2.59. The quantitative estimate of drug-likeness (QED) is 0.323. The third-order valence-electron chi connectivity index (χ3n) is 5.77. The van der Waals surface area contributed by atoms with Crippen molar-refractivity contribution >= 4 is 23.6 Å². The molecule has 1 saturated heterocycles. The van der Waals surface area contributed by atoms with Crippen LogP contribution in [0.1, 0.15) is 15.9 Å². The van der Waals surface area contributed by atoms with Gasteiger partial charge in [-0.3, -0.25) is 14.9 Å². The van der Waals surface area contributed by atoms with E-state index in [0.717, 1.165) is 11.8 Å². The van der Waals surface area contributed by atoms with Crippen molar-refractivity contribution in [2.45, 2.75) is 6.42 Å². The summed E-state index contributed by atoms with van der Waals surface area (Å²) in [4.78, 5) is 38.3. The van der Waals surface area contributed by atoms with E-state index < -0.39 is 10.7 Å². The van der Waals surface area contributed by atoms with Gasteiger partial charge >= 0.3 is 0 Å². The van der Waals surface area contributed by atoms with Crippen LogP contribution in [-0.2, 0) is 11.2 Å². The third kappa shape index (κ3) is 4.74. The number of nitro benzene ring substituents is 1. The molecule has 0 N–H and O–H groups in total. The maximum atomic E-state index is 14.5. The third-order valence-corrected chi connectivity index (χ3v) is 5.77. The number of amides is 1. The van der Waals surface area contributed by atoms with E-state index in [1.807, 2.05) is 35.2 Å². The first-order chi connectivity index (χ1) is 16.0. The number of anilines is 1. The van der Waals surface area contributed by atoms with Gasteiger partial charge in [0.05, 0.1) is 16.2 Å². The lowest BCUT2D eigenvalue weighted by atomic mass is 9.98. The highest BCUT2D eigenvalue weighted by molar-refractivity contribution is 6.01. The van der Waals surface area contributed by atoms with Crippen LogP contribution in [-0.4, -0.2) is 48.2 Å². The van der Waals surface area contributed by atoms with Crippen LogP contribution >= 0.6 is 0 Å². The second-order valence-corrected chi connectivity index (χ2v) is 7.79. The van der Waals surface area contributed by atoms with E-state index in [9.17, 15) is 24.1 Å². The molecule has 1 aliphatic heterocycles. The second-order valence-electron chi connectivity index (χ2n) is 7.79. The summed E-state index contributed by atoms with van der Waals surface area (Å²) < 4.78 is 14.5. The maximum absolute atomic E-state index is 14.5. The van der Waals surface area contributed by atoms with E-state index in [-0.39, 0.29) is 23.6 Å². The number of rotatable bonds is 6. The minimum Gasteiger partial charge on any atom is -0.366 e.